The fourth-order valence-corrected chi connectivity index (χ4v) is 5.34. The average Bonchev–Trinajstić information content (AvgIpc) is 3.21. The lowest BCUT2D eigenvalue weighted by Gasteiger charge is -2.12. The Morgan fingerprint density at radius 2 is 1.85 bits per heavy atom. The minimum absolute atomic E-state index is 0.117. The van der Waals surface area contributed by atoms with Gasteiger partial charge in [0.15, 0.2) is 5.16 Å². The molecule has 0 spiro atoms. The molecule has 3 heterocycles. The Hall–Kier alpha value is -3.49. The molecule has 0 saturated heterocycles. The highest BCUT2D eigenvalue weighted by molar-refractivity contribution is 7.99. The number of nitrogens with zero attached hydrogens (tertiary/aromatic N) is 3. The van der Waals surface area contributed by atoms with Crippen molar-refractivity contribution in [2.45, 2.75) is 18.6 Å². The second-order valence-corrected chi connectivity index (χ2v) is 9.55. The summed E-state index contributed by atoms with van der Waals surface area (Å²) < 4.78 is 2.23. The quantitative estimate of drug-likeness (QED) is 0.275. The second-order valence-electron chi connectivity index (χ2n) is 7.61. The lowest BCUT2D eigenvalue weighted by Crippen LogP contribution is -2.24. The molecule has 6 nitrogen and oxygen atoms in total. The molecule has 164 valence electrons. The zero-order valence-electron chi connectivity index (χ0n) is 17.8. The van der Waals surface area contributed by atoms with Gasteiger partial charge in [-0.15, -0.1) is 11.3 Å². The highest BCUT2D eigenvalue weighted by Gasteiger charge is 2.18. The number of pyridine rings is 1. The van der Waals surface area contributed by atoms with Crippen molar-refractivity contribution in [3.8, 4) is 0 Å². The maximum Gasteiger partial charge on any atom is 0.272 e. The van der Waals surface area contributed by atoms with Crippen LogP contribution in [0.2, 0.25) is 0 Å². The molecule has 0 aliphatic carbocycles. The van der Waals surface area contributed by atoms with Crippen LogP contribution in [0.25, 0.3) is 20.4 Å². The highest BCUT2D eigenvalue weighted by Crippen LogP contribution is 2.30. The van der Waals surface area contributed by atoms with E-state index in [1.807, 2.05) is 73.7 Å². The number of carbonyl (C=O) groups excluding carboxylic acids is 1. The summed E-state index contributed by atoms with van der Waals surface area (Å²) in [6.45, 7) is 2.38. The fourth-order valence-electron chi connectivity index (χ4n) is 3.52. The number of rotatable bonds is 6. The molecule has 0 saturated carbocycles. The third-order valence-corrected chi connectivity index (χ3v) is 7.24. The summed E-state index contributed by atoms with van der Waals surface area (Å²) in [5.74, 6) is -0.0118. The van der Waals surface area contributed by atoms with Crippen LogP contribution < -0.4 is 10.9 Å². The number of benzene rings is 2. The van der Waals surface area contributed by atoms with Crippen LogP contribution in [0.3, 0.4) is 0 Å². The van der Waals surface area contributed by atoms with Crippen molar-refractivity contribution < 1.29 is 4.79 Å². The fraction of sp³-hybridized carbons (Fsp3) is 0.120. The summed E-state index contributed by atoms with van der Waals surface area (Å²) in [5, 5.41) is 4.27. The molecule has 5 aromatic rings. The highest BCUT2D eigenvalue weighted by atomic mass is 32.2. The van der Waals surface area contributed by atoms with Gasteiger partial charge in [-0.3, -0.25) is 14.2 Å². The van der Waals surface area contributed by atoms with Gasteiger partial charge in [-0.05, 0) is 36.8 Å². The number of amides is 1. The summed E-state index contributed by atoms with van der Waals surface area (Å²) in [6.07, 6.45) is 1.71. The Balaban J connectivity index is 1.50. The van der Waals surface area contributed by atoms with Crippen molar-refractivity contribution in [3.05, 3.63) is 94.4 Å². The Labute approximate surface area is 198 Å². The molecule has 33 heavy (non-hydrogen) atoms. The van der Waals surface area contributed by atoms with E-state index in [-0.39, 0.29) is 17.2 Å². The second kappa shape index (κ2) is 9.17. The third kappa shape index (κ3) is 4.53. The lowest BCUT2D eigenvalue weighted by molar-refractivity contribution is -0.113. The average molecular weight is 473 g/mol. The van der Waals surface area contributed by atoms with Crippen LogP contribution >= 0.6 is 23.1 Å². The number of aromatic nitrogens is 3. The van der Waals surface area contributed by atoms with Crippen molar-refractivity contribution in [3.63, 3.8) is 0 Å². The molecule has 8 heteroatoms. The van der Waals surface area contributed by atoms with Gasteiger partial charge in [-0.2, -0.15) is 0 Å². The number of thiophene rings is 1. The summed E-state index contributed by atoms with van der Waals surface area (Å²) in [6, 6.07) is 21.2. The molecule has 2 aromatic carbocycles. The van der Waals surface area contributed by atoms with E-state index in [2.05, 4.69) is 10.3 Å². The molecular weight excluding hydrogens is 452 g/mol. The van der Waals surface area contributed by atoms with Gasteiger partial charge in [0, 0.05) is 17.3 Å². The van der Waals surface area contributed by atoms with Gasteiger partial charge < -0.3 is 5.32 Å². The zero-order valence-corrected chi connectivity index (χ0v) is 19.5. The molecule has 1 N–H and O–H groups in total. The van der Waals surface area contributed by atoms with Gasteiger partial charge in [0.1, 0.15) is 9.53 Å². The zero-order chi connectivity index (χ0) is 22.8. The first-order valence-corrected chi connectivity index (χ1v) is 12.2. The molecule has 0 atom stereocenters. The summed E-state index contributed by atoms with van der Waals surface area (Å²) in [5.41, 5.74) is 3.38. The smallest absolute Gasteiger partial charge is 0.272 e. The van der Waals surface area contributed by atoms with Crippen LogP contribution in [0.4, 0.5) is 5.69 Å². The monoisotopic (exact) mass is 472 g/mol. The number of hydrogen-bond acceptors (Lipinski definition) is 6. The van der Waals surface area contributed by atoms with Crippen LogP contribution in [0.15, 0.2) is 82.9 Å². The van der Waals surface area contributed by atoms with Crippen molar-refractivity contribution >= 4 is 55.1 Å². The summed E-state index contributed by atoms with van der Waals surface area (Å²) in [4.78, 5) is 36.1. The maximum absolute atomic E-state index is 13.5. The molecule has 3 aromatic heterocycles. The van der Waals surface area contributed by atoms with Crippen LogP contribution in [-0.2, 0) is 11.3 Å². The third-order valence-electron chi connectivity index (χ3n) is 5.17. The molecule has 0 bridgehead atoms. The Bertz CT molecular complexity index is 1510. The number of thioether (sulfide) groups is 1. The predicted molar refractivity (Wildman–Crippen MR) is 135 cm³/mol. The largest absolute Gasteiger partial charge is 0.325 e. The van der Waals surface area contributed by atoms with Crippen molar-refractivity contribution in [1.82, 2.24) is 14.5 Å². The van der Waals surface area contributed by atoms with Gasteiger partial charge in [-0.1, -0.05) is 59.8 Å². The molecule has 0 fully saturated rings. The number of nitrogens with one attached hydrogen (secondary N) is 1. The van der Waals surface area contributed by atoms with E-state index >= 15 is 0 Å². The minimum atomic E-state index is -0.152. The number of hydrogen-bond donors (Lipinski definition) is 1. The summed E-state index contributed by atoms with van der Waals surface area (Å²) >= 11 is 2.62. The number of fused-ring (bicyclic) bond motifs is 3. The first-order valence-electron chi connectivity index (χ1n) is 10.4. The van der Waals surface area contributed by atoms with Gasteiger partial charge in [0.05, 0.1) is 17.8 Å². The van der Waals surface area contributed by atoms with Gasteiger partial charge >= 0.3 is 0 Å². The molecule has 1 amide bonds. The van der Waals surface area contributed by atoms with Crippen molar-refractivity contribution in [1.29, 1.82) is 0 Å². The van der Waals surface area contributed by atoms with E-state index < -0.39 is 0 Å². The predicted octanol–water partition coefficient (Wildman–Crippen LogP) is 5.09. The Morgan fingerprint density at radius 3 is 2.64 bits per heavy atom. The van der Waals surface area contributed by atoms with E-state index in [0.717, 1.165) is 27.0 Å². The van der Waals surface area contributed by atoms with Crippen LogP contribution in [-0.4, -0.2) is 26.2 Å². The van der Waals surface area contributed by atoms with E-state index in [0.29, 0.717) is 21.9 Å². The lowest BCUT2D eigenvalue weighted by atomic mass is 10.2. The number of anilines is 1. The van der Waals surface area contributed by atoms with Crippen molar-refractivity contribution in [2.75, 3.05) is 11.1 Å². The van der Waals surface area contributed by atoms with Crippen LogP contribution in [0.5, 0.6) is 0 Å². The molecule has 0 aliphatic rings. The maximum atomic E-state index is 13.5. The first-order chi connectivity index (χ1) is 16.1. The van der Waals surface area contributed by atoms with Crippen molar-refractivity contribution in [2.24, 2.45) is 0 Å². The standard InChI is InChI=1S/C25H20N4O2S2/c1-16-9-11-18(12-10-16)27-20(30)15-32-25-28-21-19-8-5-13-26-23(19)33-22(21)24(31)29(25)14-17-6-3-2-4-7-17/h2-13H,14-15H2,1H3,(H,27,30). The van der Waals surface area contributed by atoms with Crippen LogP contribution in [0.1, 0.15) is 11.1 Å². The summed E-state index contributed by atoms with van der Waals surface area (Å²) in [7, 11) is 0. The molecule has 0 aliphatic heterocycles. The van der Waals surface area contributed by atoms with E-state index in [1.165, 1.54) is 23.1 Å². The molecular formula is C25H20N4O2S2. The van der Waals surface area contributed by atoms with Gasteiger partial charge in [0.2, 0.25) is 5.91 Å². The molecule has 0 radical (unpaired) electrons. The number of carbonyl (C=O) groups is 1. The normalized spacial score (nSPS) is 11.2. The Morgan fingerprint density at radius 1 is 1.06 bits per heavy atom. The topological polar surface area (TPSA) is 76.9 Å². The number of aryl methyl sites for hydroxylation is 1. The van der Waals surface area contributed by atoms with E-state index in [1.54, 1.807) is 10.8 Å². The SMILES string of the molecule is Cc1ccc(NC(=O)CSc2nc3c(sc4ncccc43)c(=O)n2Cc2ccccc2)cc1. The minimum Gasteiger partial charge on any atom is -0.325 e. The molecule has 5 rings (SSSR count). The molecule has 0 unspecified atom stereocenters. The first kappa shape index (κ1) is 21.4. The van der Waals surface area contributed by atoms with E-state index in [4.69, 9.17) is 4.98 Å². The van der Waals surface area contributed by atoms with Crippen LogP contribution in [0, 0.1) is 6.92 Å². The van der Waals surface area contributed by atoms with E-state index in [9.17, 15) is 9.59 Å². The Kier molecular flexibility index (Phi) is 5.93. The van der Waals surface area contributed by atoms with Gasteiger partial charge in [0.25, 0.3) is 5.56 Å². The van der Waals surface area contributed by atoms with Gasteiger partial charge in [-0.25, -0.2) is 9.97 Å².